The molecule has 0 aromatic rings. The van der Waals surface area contributed by atoms with Crippen LogP contribution in [0.3, 0.4) is 0 Å². The van der Waals surface area contributed by atoms with Crippen LogP contribution < -0.4 is 0 Å². The van der Waals surface area contributed by atoms with Gasteiger partial charge in [-0.25, -0.2) is 14.6 Å². The normalized spacial score (nSPS) is 26.2. The van der Waals surface area contributed by atoms with E-state index < -0.39 is 11.8 Å². The summed E-state index contributed by atoms with van der Waals surface area (Å²) in [5.74, 6) is -0.792. The number of carbonyl (C=O) groups is 2. The predicted octanol–water partition coefficient (Wildman–Crippen LogP) is -0.617. The Morgan fingerprint density at radius 3 is 2.22 bits per heavy atom. The van der Waals surface area contributed by atoms with Gasteiger partial charge in [0.05, 0.1) is 6.20 Å². The lowest BCUT2D eigenvalue weighted by atomic mass is 10.8. The Morgan fingerprint density at radius 1 is 1.33 bits per heavy atom. The highest BCUT2D eigenvalue weighted by atomic mass is 16.2. The fourth-order valence-corrected chi connectivity index (χ4v) is 0.793. The van der Waals surface area contributed by atoms with E-state index in [0.717, 1.165) is 0 Å². The number of quaternary nitrogens is 1. The molecule has 1 spiro atoms. The van der Waals surface area contributed by atoms with Crippen LogP contribution in [0, 0.1) is 0 Å². The molecule has 0 atom stereocenters. The van der Waals surface area contributed by atoms with Gasteiger partial charge in [-0.05, 0) is 0 Å². The summed E-state index contributed by atoms with van der Waals surface area (Å²) in [4.78, 5) is 24.7. The molecule has 0 N–H and O–H groups in total. The molecule has 2 rings (SSSR count). The van der Waals surface area contributed by atoms with E-state index in [4.69, 9.17) is 0 Å². The zero-order valence-electron chi connectivity index (χ0n) is 4.44. The molecular formula is C5H3N2O2+. The van der Waals surface area contributed by atoms with Crippen LogP contribution in [0.5, 0.6) is 0 Å². The highest BCUT2D eigenvalue weighted by molar-refractivity contribution is 6.48. The van der Waals surface area contributed by atoms with Gasteiger partial charge in [0.1, 0.15) is 6.20 Å². The SMILES string of the molecule is O=C1C(=O)[N+]12C=CN=C2. The van der Waals surface area contributed by atoms with Crippen LogP contribution in [0.15, 0.2) is 17.4 Å². The molecule has 44 valence electrons. The highest BCUT2D eigenvalue weighted by Crippen LogP contribution is 2.26. The second-order valence-corrected chi connectivity index (χ2v) is 1.95. The van der Waals surface area contributed by atoms with E-state index in [1.165, 1.54) is 18.7 Å². The zero-order valence-corrected chi connectivity index (χ0v) is 4.44. The van der Waals surface area contributed by atoms with Gasteiger partial charge in [-0.3, -0.25) is 0 Å². The van der Waals surface area contributed by atoms with Gasteiger partial charge >= 0.3 is 11.8 Å². The van der Waals surface area contributed by atoms with Crippen molar-refractivity contribution in [3.05, 3.63) is 12.4 Å². The van der Waals surface area contributed by atoms with Crippen molar-refractivity contribution in [2.45, 2.75) is 0 Å². The molecule has 2 aliphatic rings. The van der Waals surface area contributed by atoms with Crippen molar-refractivity contribution in [2.24, 2.45) is 4.99 Å². The van der Waals surface area contributed by atoms with Gasteiger partial charge in [0, 0.05) is 0 Å². The van der Waals surface area contributed by atoms with Crippen LogP contribution in [-0.4, -0.2) is 22.6 Å². The Morgan fingerprint density at radius 2 is 2.00 bits per heavy atom. The Hall–Kier alpha value is -1.29. The monoisotopic (exact) mass is 123 g/mol. The molecule has 1 saturated heterocycles. The summed E-state index contributed by atoms with van der Waals surface area (Å²) in [6.07, 6.45) is 4.23. The van der Waals surface area contributed by atoms with Crippen LogP contribution in [0.2, 0.25) is 0 Å². The van der Waals surface area contributed by atoms with E-state index in [2.05, 4.69) is 4.99 Å². The molecule has 0 unspecified atom stereocenters. The average molecular weight is 123 g/mol. The van der Waals surface area contributed by atoms with Gasteiger partial charge in [-0.1, -0.05) is 0 Å². The minimum absolute atomic E-state index is 0.278. The molecule has 1 fully saturated rings. The molecule has 2 heterocycles. The van der Waals surface area contributed by atoms with Crippen molar-refractivity contribution in [3.63, 3.8) is 0 Å². The van der Waals surface area contributed by atoms with E-state index in [0.29, 0.717) is 0 Å². The summed E-state index contributed by atoms with van der Waals surface area (Å²) in [7, 11) is 0. The lowest BCUT2D eigenvalue weighted by Gasteiger charge is -1.85. The van der Waals surface area contributed by atoms with Crippen molar-refractivity contribution < 1.29 is 14.1 Å². The first-order valence-corrected chi connectivity index (χ1v) is 2.47. The fraction of sp³-hybridized carbons (Fsp3) is 0. The summed E-state index contributed by atoms with van der Waals surface area (Å²) in [6.45, 7) is 0. The van der Waals surface area contributed by atoms with E-state index in [1.54, 1.807) is 0 Å². The van der Waals surface area contributed by atoms with Gasteiger partial charge in [0.2, 0.25) is 6.34 Å². The molecule has 4 heteroatoms. The Bertz CT molecular complexity index is 236. The Balaban J connectivity index is 2.53. The topological polar surface area (TPSA) is 46.5 Å². The van der Waals surface area contributed by atoms with E-state index in [1.807, 2.05) is 0 Å². The van der Waals surface area contributed by atoms with Crippen LogP contribution >= 0.6 is 0 Å². The molecule has 0 aromatic heterocycles. The zero-order chi connectivity index (χ0) is 6.48. The summed E-state index contributed by atoms with van der Waals surface area (Å²) in [6, 6.07) is 0. The van der Waals surface area contributed by atoms with Crippen molar-refractivity contribution >= 4 is 18.2 Å². The second-order valence-electron chi connectivity index (χ2n) is 1.95. The molecule has 9 heavy (non-hydrogen) atoms. The number of nitrogens with zero attached hydrogens (tertiary/aromatic N) is 2. The Labute approximate surface area is 50.7 Å². The largest absolute Gasteiger partial charge is 0.462 e. The summed E-state index contributed by atoms with van der Waals surface area (Å²) < 4.78 is -0.278. The maximum absolute atomic E-state index is 10.5. The van der Waals surface area contributed by atoms with Gasteiger partial charge < -0.3 is 0 Å². The molecule has 0 aromatic carbocycles. The third-order valence-electron chi connectivity index (χ3n) is 1.44. The fourth-order valence-electron chi connectivity index (χ4n) is 0.793. The molecule has 0 aliphatic carbocycles. The number of carbonyl (C=O) groups excluding carboxylic acids is 2. The minimum atomic E-state index is -0.396. The molecule has 4 nitrogen and oxygen atoms in total. The third kappa shape index (κ3) is 0.316. The van der Waals surface area contributed by atoms with Crippen molar-refractivity contribution in [1.29, 1.82) is 0 Å². The predicted molar refractivity (Wildman–Crippen MR) is 27.9 cm³/mol. The molecule has 0 radical (unpaired) electrons. The number of hydrogen-bond donors (Lipinski definition) is 0. The molecule has 2 aliphatic heterocycles. The lowest BCUT2D eigenvalue weighted by Crippen LogP contribution is -2.15. The van der Waals surface area contributed by atoms with Crippen LogP contribution in [0.1, 0.15) is 0 Å². The van der Waals surface area contributed by atoms with Crippen molar-refractivity contribution in [1.82, 2.24) is 0 Å². The van der Waals surface area contributed by atoms with Crippen molar-refractivity contribution in [2.75, 3.05) is 0 Å². The van der Waals surface area contributed by atoms with E-state index in [-0.39, 0.29) is 4.48 Å². The van der Waals surface area contributed by atoms with Crippen molar-refractivity contribution in [3.8, 4) is 0 Å². The van der Waals surface area contributed by atoms with Crippen LogP contribution in [0.25, 0.3) is 0 Å². The molecular weight excluding hydrogens is 120 g/mol. The van der Waals surface area contributed by atoms with Gasteiger partial charge in [-0.2, -0.15) is 0 Å². The van der Waals surface area contributed by atoms with Gasteiger partial charge in [0.25, 0.3) is 0 Å². The Kier molecular flexibility index (Phi) is 0.514. The van der Waals surface area contributed by atoms with Gasteiger partial charge in [-0.15, -0.1) is 4.48 Å². The maximum Gasteiger partial charge on any atom is 0.462 e. The third-order valence-corrected chi connectivity index (χ3v) is 1.44. The smallest absolute Gasteiger partial charge is 0.213 e. The summed E-state index contributed by atoms with van der Waals surface area (Å²) in [5, 5.41) is 0. The minimum Gasteiger partial charge on any atom is -0.213 e. The standard InChI is InChI=1S/C5H3N2O2/c8-4-5(9)7(4)2-1-6-3-7/h1-3H/q+1. The maximum atomic E-state index is 10.5. The van der Waals surface area contributed by atoms with Gasteiger partial charge in [0.15, 0.2) is 0 Å². The number of aliphatic imine (C=N–C) groups is 1. The number of rotatable bonds is 0. The number of amides is 2. The first kappa shape index (κ1) is 4.58. The van der Waals surface area contributed by atoms with E-state index in [9.17, 15) is 9.59 Å². The first-order valence-electron chi connectivity index (χ1n) is 2.47. The molecule has 2 amide bonds. The molecule has 0 saturated carbocycles. The lowest BCUT2D eigenvalue weighted by molar-refractivity contribution is -0.534. The summed E-state index contributed by atoms with van der Waals surface area (Å²) in [5.41, 5.74) is 0. The number of hydrogen-bond acceptors (Lipinski definition) is 3. The van der Waals surface area contributed by atoms with Crippen LogP contribution in [0.4, 0.5) is 0 Å². The molecule has 0 bridgehead atoms. The first-order chi connectivity index (χ1) is 4.27. The highest BCUT2D eigenvalue weighted by Gasteiger charge is 2.69. The van der Waals surface area contributed by atoms with Crippen LogP contribution in [-0.2, 0) is 9.59 Å². The summed E-state index contributed by atoms with van der Waals surface area (Å²) >= 11 is 0. The second kappa shape index (κ2) is 1.01. The number of imide groups is 1. The quantitative estimate of drug-likeness (QED) is 0.245. The van der Waals surface area contributed by atoms with E-state index >= 15 is 0 Å². The average Bonchev–Trinajstić information content (AvgIpc) is 2.44.